The number of nitrogens with zero attached hydrogens (tertiary/aromatic N) is 3. The van der Waals surface area contributed by atoms with Gasteiger partial charge in [0, 0.05) is 28.6 Å². The Morgan fingerprint density at radius 2 is 1.66 bits per heavy atom. The lowest BCUT2D eigenvalue weighted by molar-refractivity contribution is -0.137. The van der Waals surface area contributed by atoms with Gasteiger partial charge in [0.05, 0.1) is 30.1 Å². The average molecular weight is 516 g/mol. The second-order valence-electron chi connectivity index (χ2n) is 8.31. The maximum Gasteiger partial charge on any atom is 0.416 e. The van der Waals surface area contributed by atoms with Crippen molar-refractivity contribution in [1.29, 1.82) is 0 Å². The smallest absolute Gasteiger partial charge is 0.416 e. The number of carbonyl (C=O) groups excluding carboxylic acids is 2. The Morgan fingerprint density at radius 1 is 0.895 bits per heavy atom. The minimum Gasteiger partial charge on any atom is -0.465 e. The summed E-state index contributed by atoms with van der Waals surface area (Å²) in [5.74, 6) is -1.10. The molecule has 0 saturated carbocycles. The highest BCUT2D eigenvalue weighted by Gasteiger charge is 2.30. The maximum atomic E-state index is 13.0. The minimum absolute atomic E-state index is 0.105. The Balaban J connectivity index is 1.44. The van der Waals surface area contributed by atoms with E-state index in [0.717, 1.165) is 23.3 Å². The van der Waals surface area contributed by atoms with Crippen LogP contribution < -0.4 is 5.32 Å². The normalized spacial score (nSPS) is 11.4. The van der Waals surface area contributed by atoms with Crippen molar-refractivity contribution in [3.05, 3.63) is 108 Å². The van der Waals surface area contributed by atoms with Crippen LogP contribution in [0.15, 0.2) is 91.3 Å². The molecule has 0 spiro atoms. The molecule has 1 amide bonds. The highest BCUT2D eigenvalue weighted by molar-refractivity contribution is 6.04. The van der Waals surface area contributed by atoms with Crippen molar-refractivity contribution in [2.75, 3.05) is 12.4 Å². The summed E-state index contributed by atoms with van der Waals surface area (Å²) < 4.78 is 45.5. The molecule has 10 heteroatoms. The predicted molar refractivity (Wildman–Crippen MR) is 135 cm³/mol. The molecular weight excluding hydrogens is 497 g/mol. The van der Waals surface area contributed by atoms with Crippen LogP contribution in [0, 0.1) is 0 Å². The van der Waals surface area contributed by atoms with E-state index in [1.54, 1.807) is 65.4 Å². The molecule has 0 radical (unpaired) electrons. The fourth-order valence-electron chi connectivity index (χ4n) is 4.01. The number of aromatic nitrogens is 3. The number of amides is 1. The second-order valence-corrected chi connectivity index (χ2v) is 8.31. The van der Waals surface area contributed by atoms with Crippen LogP contribution in [0.25, 0.3) is 28.0 Å². The molecule has 0 saturated heterocycles. The summed E-state index contributed by atoms with van der Waals surface area (Å²) in [4.78, 5) is 28.9. The number of nitrogens with one attached hydrogen (secondary N) is 1. The van der Waals surface area contributed by atoms with Crippen LogP contribution in [0.3, 0.4) is 0 Å². The summed E-state index contributed by atoms with van der Waals surface area (Å²) in [7, 11) is 1.32. The van der Waals surface area contributed by atoms with Crippen LogP contribution in [0.5, 0.6) is 0 Å². The lowest BCUT2D eigenvalue weighted by Gasteiger charge is -2.11. The summed E-state index contributed by atoms with van der Waals surface area (Å²) in [6.07, 6.45) is -1.25. The van der Waals surface area contributed by atoms with Crippen LogP contribution >= 0.6 is 0 Å². The molecule has 0 unspecified atom stereocenters. The number of hydrogen-bond donors (Lipinski definition) is 1. The molecule has 0 atom stereocenters. The lowest BCUT2D eigenvalue weighted by Crippen LogP contribution is -2.14. The molecule has 0 fully saturated rings. The van der Waals surface area contributed by atoms with E-state index in [4.69, 9.17) is 4.74 Å². The number of rotatable bonds is 5. The number of methoxy groups -OCH3 is 1. The van der Waals surface area contributed by atoms with Gasteiger partial charge in [-0.25, -0.2) is 14.3 Å². The summed E-state index contributed by atoms with van der Waals surface area (Å²) in [5.41, 5.74) is 3.34. The van der Waals surface area contributed by atoms with Crippen LogP contribution in [-0.4, -0.2) is 33.6 Å². The van der Waals surface area contributed by atoms with E-state index in [2.05, 4.69) is 15.4 Å². The number of benzene rings is 3. The molecular formula is C28H19F3N4O3. The van der Waals surface area contributed by atoms with Crippen molar-refractivity contribution >= 4 is 23.2 Å². The van der Waals surface area contributed by atoms with Crippen molar-refractivity contribution in [3.8, 4) is 22.4 Å². The largest absolute Gasteiger partial charge is 0.465 e. The van der Waals surface area contributed by atoms with Gasteiger partial charge < -0.3 is 10.1 Å². The van der Waals surface area contributed by atoms with E-state index in [-0.39, 0.29) is 5.56 Å². The van der Waals surface area contributed by atoms with Gasteiger partial charge in [-0.05, 0) is 54.1 Å². The average Bonchev–Trinajstić information content (AvgIpc) is 3.37. The molecule has 0 bridgehead atoms. The highest BCUT2D eigenvalue weighted by atomic mass is 19.4. The predicted octanol–water partition coefficient (Wildman–Crippen LogP) is 6.12. The van der Waals surface area contributed by atoms with Crippen molar-refractivity contribution in [2.45, 2.75) is 6.18 Å². The van der Waals surface area contributed by atoms with E-state index in [1.165, 1.54) is 19.2 Å². The molecule has 2 heterocycles. The van der Waals surface area contributed by atoms with Crippen LogP contribution in [-0.2, 0) is 10.9 Å². The third kappa shape index (κ3) is 4.83. The Labute approximate surface area is 214 Å². The monoisotopic (exact) mass is 516 g/mol. The number of ether oxygens (including phenoxy) is 1. The van der Waals surface area contributed by atoms with Crippen molar-refractivity contribution in [1.82, 2.24) is 14.6 Å². The first kappa shape index (κ1) is 24.7. The molecule has 38 heavy (non-hydrogen) atoms. The van der Waals surface area contributed by atoms with E-state index in [0.29, 0.717) is 28.2 Å². The van der Waals surface area contributed by atoms with Crippen molar-refractivity contribution in [3.63, 3.8) is 0 Å². The molecule has 3 aromatic carbocycles. The summed E-state index contributed by atoms with van der Waals surface area (Å²) in [6, 6.07) is 19.8. The molecule has 0 aliphatic carbocycles. The van der Waals surface area contributed by atoms with Gasteiger partial charge in [0.2, 0.25) is 0 Å². The SMILES string of the molecule is COC(=O)c1ccc(-c2cnn3c(-c4cccc(NC(=O)c5cccc(C(F)(F)F)c5)c4)ccnc23)cc1. The van der Waals surface area contributed by atoms with E-state index >= 15 is 0 Å². The van der Waals surface area contributed by atoms with E-state index in [9.17, 15) is 22.8 Å². The summed E-state index contributed by atoms with van der Waals surface area (Å²) >= 11 is 0. The lowest BCUT2D eigenvalue weighted by atomic mass is 10.1. The topological polar surface area (TPSA) is 85.6 Å². The minimum atomic E-state index is -4.55. The van der Waals surface area contributed by atoms with Gasteiger partial charge in [0.1, 0.15) is 0 Å². The van der Waals surface area contributed by atoms with Crippen molar-refractivity contribution in [2.24, 2.45) is 0 Å². The third-order valence-corrected chi connectivity index (χ3v) is 5.89. The molecule has 1 N–H and O–H groups in total. The number of anilines is 1. The van der Waals surface area contributed by atoms with Gasteiger partial charge in [0.25, 0.3) is 5.91 Å². The Hall–Kier alpha value is -4.99. The number of halogens is 3. The molecule has 0 aliphatic heterocycles. The van der Waals surface area contributed by atoms with Gasteiger partial charge in [-0.1, -0.05) is 30.3 Å². The maximum absolute atomic E-state index is 13.0. The molecule has 5 rings (SSSR count). The van der Waals surface area contributed by atoms with Gasteiger partial charge in [-0.15, -0.1) is 0 Å². The quantitative estimate of drug-likeness (QED) is 0.285. The zero-order valence-corrected chi connectivity index (χ0v) is 19.9. The number of hydrogen-bond acceptors (Lipinski definition) is 5. The van der Waals surface area contributed by atoms with Crippen molar-refractivity contribution < 1.29 is 27.5 Å². The van der Waals surface area contributed by atoms with Gasteiger partial charge in [-0.3, -0.25) is 4.79 Å². The third-order valence-electron chi connectivity index (χ3n) is 5.89. The molecule has 190 valence electrons. The second kappa shape index (κ2) is 9.81. The van der Waals surface area contributed by atoms with Crippen LogP contribution in [0.2, 0.25) is 0 Å². The van der Waals surface area contributed by atoms with Crippen LogP contribution in [0.1, 0.15) is 26.3 Å². The number of esters is 1. The summed E-state index contributed by atoms with van der Waals surface area (Å²) in [6.45, 7) is 0. The van der Waals surface area contributed by atoms with E-state index in [1.807, 2.05) is 6.07 Å². The first-order chi connectivity index (χ1) is 18.2. The van der Waals surface area contributed by atoms with Gasteiger partial charge in [0.15, 0.2) is 5.65 Å². The van der Waals surface area contributed by atoms with Gasteiger partial charge in [-0.2, -0.15) is 18.3 Å². The number of carbonyl (C=O) groups is 2. The fraction of sp³-hybridized carbons (Fsp3) is 0.0714. The zero-order valence-electron chi connectivity index (χ0n) is 19.9. The standard InChI is InChI=1S/C28H19F3N4O3/c1-38-27(37)18-10-8-17(9-11-18)23-16-33-35-24(12-13-32-25(23)35)19-4-3-7-22(15-19)34-26(36)20-5-2-6-21(14-20)28(29,30)31/h2-16H,1H3,(H,34,36). The van der Waals surface area contributed by atoms with Gasteiger partial charge >= 0.3 is 12.1 Å². The fourth-order valence-corrected chi connectivity index (χ4v) is 4.01. The number of fused-ring (bicyclic) bond motifs is 1. The summed E-state index contributed by atoms with van der Waals surface area (Å²) in [5, 5.41) is 7.14. The Bertz CT molecular complexity index is 1660. The highest BCUT2D eigenvalue weighted by Crippen LogP contribution is 2.31. The molecule has 7 nitrogen and oxygen atoms in total. The molecule has 5 aromatic rings. The van der Waals surface area contributed by atoms with Crippen LogP contribution in [0.4, 0.5) is 18.9 Å². The van der Waals surface area contributed by atoms with E-state index < -0.39 is 23.6 Å². The Morgan fingerprint density at radius 3 is 2.39 bits per heavy atom. The molecule has 0 aliphatic rings. The first-order valence-electron chi connectivity index (χ1n) is 11.3. The zero-order chi connectivity index (χ0) is 26.9. The first-order valence-corrected chi connectivity index (χ1v) is 11.3. The molecule has 2 aromatic heterocycles. The number of alkyl halides is 3. The Kier molecular flexibility index (Phi) is 6.38.